The lowest BCUT2D eigenvalue weighted by Crippen LogP contribution is -2.03. The van der Waals surface area contributed by atoms with E-state index in [0.717, 1.165) is 0 Å². The van der Waals surface area contributed by atoms with Crippen molar-refractivity contribution in [3.8, 4) is 0 Å². The molecular formula is C7H6N4O2. The Bertz CT molecular complexity index is 476. The number of nitrogens with zero attached hydrogens (tertiary/aromatic N) is 4. The van der Waals surface area contributed by atoms with E-state index in [2.05, 4.69) is 15.2 Å². The summed E-state index contributed by atoms with van der Waals surface area (Å²) in [7, 11) is 0. The average molecular weight is 178 g/mol. The van der Waals surface area contributed by atoms with Gasteiger partial charge >= 0.3 is 5.97 Å². The third-order valence-electron chi connectivity index (χ3n) is 1.69. The van der Waals surface area contributed by atoms with Crippen LogP contribution in [0.1, 0.15) is 16.3 Å². The van der Waals surface area contributed by atoms with Crippen molar-refractivity contribution >= 4 is 11.6 Å². The number of fused-ring (bicyclic) bond motifs is 1. The molecule has 2 rings (SSSR count). The van der Waals surface area contributed by atoms with Crippen LogP contribution < -0.4 is 0 Å². The predicted octanol–water partition coefficient (Wildman–Crippen LogP) is 0.131. The van der Waals surface area contributed by atoms with Crippen LogP contribution in [0, 0.1) is 6.92 Å². The van der Waals surface area contributed by atoms with E-state index in [1.54, 1.807) is 6.92 Å². The molecule has 0 aliphatic rings. The smallest absolute Gasteiger partial charge is 0.374 e. The van der Waals surface area contributed by atoms with Gasteiger partial charge in [-0.1, -0.05) is 0 Å². The first-order valence-corrected chi connectivity index (χ1v) is 3.60. The number of hydrogen-bond donors (Lipinski definition) is 1. The summed E-state index contributed by atoms with van der Waals surface area (Å²) >= 11 is 0. The van der Waals surface area contributed by atoms with Crippen LogP contribution in [0.15, 0.2) is 12.4 Å². The van der Waals surface area contributed by atoms with Gasteiger partial charge in [0, 0.05) is 12.4 Å². The van der Waals surface area contributed by atoms with E-state index >= 15 is 0 Å². The van der Waals surface area contributed by atoms with E-state index in [1.165, 1.54) is 16.8 Å². The zero-order valence-corrected chi connectivity index (χ0v) is 6.80. The minimum Gasteiger partial charge on any atom is -0.475 e. The Kier molecular flexibility index (Phi) is 1.48. The third-order valence-corrected chi connectivity index (χ3v) is 1.69. The monoisotopic (exact) mass is 178 g/mol. The first-order chi connectivity index (χ1) is 6.20. The molecule has 0 bridgehead atoms. The Morgan fingerprint density at radius 3 is 3.00 bits per heavy atom. The number of aromatic carboxylic acids is 1. The highest BCUT2D eigenvalue weighted by Gasteiger charge is 2.13. The highest BCUT2D eigenvalue weighted by Crippen LogP contribution is 2.05. The predicted molar refractivity (Wildman–Crippen MR) is 42.5 cm³/mol. The molecule has 1 N–H and O–H groups in total. The fourth-order valence-electron chi connectivity index (χ4n) is 1.09. The van der Waals surface area contributed by atoms with E-state index in [1.807, 2.05) is 0 Å². The molecule has 0 spiro atoms. The molecule has 0 saturated carbocycles. The summed E-state index contributed by atoms with van der Waals surface area (Å²) in [6, 6.07) is 0. The molecule has 6 heteroatoms. The van der Waals surface area contributed by atoms with Crippen LogP contribution in [0.2, 0.25) is 0 Å². The first kappa shape index (κ1) is 7.66. The fraction of sp³-hybridized carbons (Fsp3) is 0.143. The number of hydrogen-bond acceptors (Lipinski definition) is 4. The van der Waals surface area contributed by atoms with Gasteiger partial charge in [-0.25, -0.2) is 4.79 Å². The molecule has 0 saturated heterocycles. The second-order valence-corrected chi connectivity index (χ2v) is 2.54. The van der Waals surface area contributed by atoms with E-state index in [-0.39, 0.29) is 5.82 Å². The number of rotatable bonds is 1. The van der Waals surface area contributed by atoms with Crippen molar-refractivity contribution in [3.63, 3.8) is 0 Å². The number of carboxylic acids is 1. The summed E-state index contributed by atoms with van der Waals surface area (Å²) in [4.78, 5) is 14.6. The Balaban J connectivity index is 2.83. The van der Waals surface area contributed by atoms with Crippen LogP contribution in [0.3, 0.4) is 0 Å². The Morgan fingerprint density at radius 2 is 2.31 bits per heavy atom. The number of aromatic nitrogens is 4. The Labute approximate surface area is 72.9 Å². The standard InChI is InChI=1S/C7H6N4O2/c1-4-5-9-10-6(7(12)13)11(5)3-2-8-4/h2-3H,1H3,(H,12,13). The van der Waals surface area contributed by atoms with Crippen LogP contribution >= 0.6 is 0 Å². The van der Waals surface area contributed by atoms with Crippen LogP contribution in [0.4, 0.5) is 0 Å². The zero-order valence-electron chi connectivity index (χ0n) is 6.80. The van der Waals surface area contributed by atoms with Crippen molar-refractivity contribution < 1.29 is 9.90 Å². The average Bonchev–Trinajstić information content (AvgIpc) is 2.48. The molecule has 0 aromatic carbocycles. The van der Waals surface area contributed by atoms with Gasteiger partial charge < -0.3 is 5.11 Å². The largest absolute Gasteiger partial charge is 0.475 e. The van der Waals surface area contributed by atoms with Crippen LogP contribution in [0.25, 0.3) is 5.65 Å². The lowest BCUT2D eigenvalue weighted by atomic mass is 10.5. The van der Waals surface area contributed by atoms with E-state index in [9.17, 15) is 4.79 Å². The number of carboxylic acid groups (broad SMARTS) is 1. The van der Waals surface area contributed by atoms with Gasteiger partial charge in [0.25, 0.3) is 0 Å². The summed E-state index contributed by atoms with van der Waals surface area (Å²) in [6.07, 6.45) is 3.03. The molecule has 0 amide bonds. The van der Waals surface area contributed by atoms with Crippen molar-refractivity contribution in [1.82, 2.24) is 19.6 Å². The second kappa shape index (κ2) is 2.51. The summed E-state index contributed by atoms with van der Waals surface area (Å²) in [5, 5.41) is 16.0. The van der Waals surface area contributed by atoms with Crippen molar-refractivity contribution in [1.29, 1.82) is 0 Å². The second-order valence-electron chi connectivity index (χ2n) is 2.54. The molecule has 2 heterocycles. The summed E-state index contributed by atoms with van der Waals surface area (Å²) < 4.78 is 1.39. The number of carbonyl (C=O) groups is 1. The van der Waals surface area contributed by atoms with Crippen LogP contribution in [0.5, 0.6) is 0 Å². The molecular weight excluding hydrogens is 172 g/mol. The quantitative estimate of drug-likeness (QED) is 0.671. The van der Waals surface area contributed by atoms with Gasteiger partial charge in [-0.15, -0.1) is 10.2 Å². The molecule has 2 aromatic rings. The molecule has 66 valence electrons. The van der Waals surface area contributed by atoms with Gasteiger partial charge in [0.15, 0.2) is 5.65 Å². The molecule has 0 radical (unpaired) electrons. The van der Waals surface area contributed by atoms with Gasteiger partial charge in [0.2, 0.25) is 5.82 Å². The minimum absolute atomic E-state index is 0.0968. The van der Waals surface area contributed by atoms with Gasteiger partial charge in [-0.05, 0) is 6.92 Å². The molecule has 0 fully saturated rings. The van der Waals surface area contributed by atoms with Crippen molar-refractivity contribution in [2.24, 2.45) is 0 Å². The third kappa shape index (κ3) is 1.03. The van der Waals surface area contributed by atoms with E-state index in [0.29, 0.717) is 11.3 Å². The maximum Gasteiger partial charge on any atom is 0.374 e. The maximum atomic E-state index is 10.6. The van der Waals surface area contributed by atoms with Gasteiger partial charge in [-0.2, -0.15) is 0 Å². The summed E-state index contributed by atoms with van der Waals surface area (Å²) in [5.41, 5.74) is 1.13. The molecule has 6 nitrogen and oxygen atoms in total. The lowest BCUT2D eigenvalue weighted by Gasteiger charge is -1.95. The van der Waals surface area contributed by atoms with Crippen molar-refractivity contribution in [2.75, 3.05) is 0 Å². The maximum absolute atomic E-state index is 10.6. The first-order valence-electron chi connectivity index (χ1n) is 3.60. The zero-order chi connectivity index (χ0) is 9.42. The Morgan fingerprint density at radius 1 is 1.54 bits per heavy atom. The topological polar surface area (TPSA) is 80.4 Å². The summed E-state index contributed by atoms with van der Waals surface area (Å²) in [6.45, 7) is 1.75. The molecule has 0 atom stereocenters. The van der Waals surface area contributed by atoms with Gasteiger partial charge in [-0.3, -0.25) is 9.38 Å². The highest BCUT2D eigenvalue weighted by atomic mass is 16.4. The molecule has 0 aliphatic carbocycles. The number of aryl methyl sites for hydroxylation is 1. The minimum atomic E-state index is -1.10. The normalized spacial score (nSPS) is 10.5. The molecule has 13 heavy (non-hydrogen) atoms. The fourth-order valence-corrected chi connectivity index (χ4v) is 1.09. The van der Waals surface area contributed by atoms with Gasteiger partial charge in [0.1, 0.15) is 0 Å². The van der Waals surface area contributed by atoms with Crippen molar-refractivity contribution in [2.45, 2.75) is 6.92 Å². The van der Waals surface area contributed by atoms with Crippen molar-refractivity contribution in [3.05, 3.63) is 23.9 Å². The lowest BCUT2D eigenvalue weighted by molar-refractivity contribution is 0.0682. The van der Waals surface area contributed by atoms with Gasteiger partial charge in [0.05, 0.1) is 5.69 Å². The molecule has 0 unspecified atom stereocenters. The van der Waals surface area contributed by atoms with E-state index < -0.39 is 5.97 Å². The molecule has 0 aliphatic heterocycles. The molecule has 2 aromatic heterocycles. The highest BCUT2D eigenvalue weighted by molar-refractivity contribution is 5.84. The van der Waals surface area contributed by atoms with Crippen LogP contribution in [-0.4, -0.2) is 30.7 Å². The van der Waals surface area contributed by atoms with Crippen LogP contribution in [-0.2, 0) is 0 Å². The summed E-state index contributed by atoms with van der Waals surface area (Å²) in [5.74, 6) is -1.20. The SMILES string of the molecule is Cc1nccn2c(C(=O)O)nnc12. The Hall–Kier alpha value is -1.98. The van der Waals surface area contributed by atoms with E-state index in [4.69, 9.17) is 5.11 Å².